The van der Waals surface area contributed by atoms with Gasteiger partial charge in [-0.05, 0) is 18.6 Å². The number of hydrogen-bond donors (Lipinski definition) is 1. The molecule has 1 N–H and O–H groups in total. The minimum absolute atomic E-state index is 0.0617. The van der Waals surface area contributed by atoms with Crippen molar-refractivity contribution in [3.8, 4) is 5.75 Å². The van der Waals surface area contributed by atoms with E-state index in [1.165, 1.54) is 4.90 Å². The Balaban J connectivity index is 1.41. The molecule has 2 aliphatic rings. The van der Waals surface area contributed by atoms with E-state index in [9.17, 15) is 14.7 Å². The lowest BCUT2D eigenvalue weighted by atomic mass is 9.96. The SMILES string of the molecule is O=C1[C@@H]2C[C@H](O)CCN2C(=O)CN1CCOc1cccc2cccnc12. The zero-order valence-electron chi connectivity index (χ0n) is 14.4. The average molecular weight is 355 g/mol. The topological polar surface area (TPSA) is 83.0 Å². The van der Waals surface area contributed by atoms with Gasteiger partial charge in [-0.25, -0.2) is 0 Å². The number of para-hydroxylation sites is 1. The van der Waals surface area contributed by atoms with Gasteiger partial charge in [0.15, 0.2) is 0 Å². The van der Waals surface area contributed by atoms with Crippen LogP contribution in [0.4, 0.5) is 0 Å². The highest BCUT2D eigenvalue weighted by Gasteiger charge is 2.42. The van der Waals surface area contributed by atoms with E-state index >= 15 is 0 Å². The molecule has 1 aromatic heterocycles. The molecule has 0 saturated carbocycles. The normalized spacial score (nSPS) is 23.3. The third-order valence-electron chi connectivity index (χ3n) is 5.03. The fourth-order valence-corrected chi connectivity index (χ4v) is 3.67. The predicted molar refractivity (Wildman–Crippen MR) is 94.6 cm³/mol. The van der Waals surface area contributed by atoms with Crippen molar-refractivity contribution in [3.05, 3.63) is 36.5 Å². The smallest absolute Gasteiger partial charge is 0.246 e. The molecule has 0 radical (unpaired) electrons. The molecule has 0 aliphatic carbocycles. The summed E-state index contributed by atoms with van der Waals surface area (Å²) >= 11 is 0. The lowest BCUT2D eigenvalue weighted by Crippen LogP contribution is -2.63. The molecular formula is C19H21N3O4. The van der Waals surface area contributed by atoms with Gasteiger partial charge >= 0.3 is 0 Å². The van der Waals surface area contributed by atoms with Crippen molar-refractivity contribution in [2.24, 2.45) is 0 Å². The fraction of sp³-hybridized carbons (Fsp3) is 0.421. The van der Waals surface area contributed by atoms with Gasteiger partial charge in [0, 0.05) is 24.5 Å². The Bertz CT molecular complexity index is 835. The quantitative estimate of drug-likeness (QED) is 0.877. The lowest BCUT2D eigenvalue weighted by Gasteiger charge is -2.43. The zero-order chi connectivity index (χ0) is 18.1. The van der Waals surface area contributed by atoms with Gasteiger partial charge in [0.25, 0.3) is 0 Å². The van der Waals surface area contributed by atoms with Gasteiger partial charge < -0.3 is 19.6 Å². The fourth-order valence-electron chi connectivity index (χ4n) is 3.67. The van der Waals surface area contributed by atoms with Crippen LogP contribution in [0.2, 0.25) is 0 Å². The second kappa shape index (κ2) is 6.92. The highest BCUT2D eigenvalue weighted by molar-refractivity contribution is 5.95. The number of piperidine rings is 1. The van der Waals surface area contributed by atoms with Crippen LogP contribution in [0.5, 0.6) is 5.75 Å². The Hall–Kier alpha value is -2.67. The summed E-state index contributed by atoms with van der Waals surface area (Å²) in [6.45, 7) is 1.13. The molecule has 4 rings (SSSR count). The third-order valence-corrected chi connectivity index (χ3v) is 5.03. The molecule has 26 heavy (non-hydrogen) atoms. The molecule has 2 saturated heterocycles. The first kappa shape index (κ1) is 16.8. The third kappa shape index (κ3) is 3.10. The molecule has 2 fully saturated rings. The maximum Gasteiger partial charge on any atom is 0.246 e. The number of benzene rings is 1. The number of aromatic nitrogens is 1. The van der Waals surface area contributed by atoms with Crippen molar-refractivity contribution < 1.29 is 19.4 Å². The Morgan fingerprint density at radius 2 is 2.08 bits per heavy atom. The van der Waals surface area contributed by atoms with E-state index < -0.39 is 12.1 Å². The van der Waals surface area contributed by atoms with Crippen molar-refractivity contribution in [1.29, 1.82) is 0 Å². The van der Waals surface area contributed by atoms with Crippen LogP contribution in [0, 0.1) is 0 Å². The summed E-state index contributed by atoms with van der Waals surface area (Å²) in [4.78, 5) is 32.4. The van der Waals surface area contributed by atoms with Crippen LogP contribution in [0.15, 0.2) is 36.5 Å². The minimum atomic E-state index is -0.542. The predicted octanol–water partition coefficient (Wildman–Crippen LogP) is 0.808. The van der Waals surface area contributed by atoms with Crippen molar-refractivity contribution in [1.82, 2.24) is 14.8 Å². The van der Waals surface area contributed by atoms with Gasteiger partial charge in [0.2, 0.25) is 11.8 Å². The Labute approximate surface area is 151 Å². The summed E-state index contributed by atoms with van der Waals surface area (Å²) in [7, 11) is 0. The number of pyridine rings is 1. The highest BCUT2D eigenvalue weighted by atomic mass is 16.5. The number of carbonyl (C=O) groups is 2. The molecule has 2 atom stereocenters. The number of ether oxygens (including phenoxy) is 1. The Morgan fingerprint density at radius 3 is 2.96 bits per heavy atom. The molecule has 0 bridgehead atoms. The molecule has 136 valence electrons. The number of carbonyl (C=O) groups excluding carboxylic acids is 2. The van der Waals surface area contributed by atoms with Gasteiger partial charge in [0.05, 0.1) is 19.2 Å². The standard InChI is InChI=1S/C19H21N3O4/c23-14-6-8-22-15(11-14)19(25)21(12-17(22)24)9-10-26-16-5-1-3-13-4-2-7-20-18(13)16/h1-5,7,14-15,23H,6,8-12H2/t14-,15+/m1/s1. The molecule has 7 nitrogen and oxygen atoms in total. The van der Waals surface area contributed by atoms with E-state index in [4.69, 9.17) is 4.74 Å². The van der Waals surface area contributed by atoms with E-state index in [-0.39, 0.29) is 25.0 Å². The van der Waals surface area contributed by atoms with Gasteiger partial charge in [0.1, 0.15) is 23.9 Å². The molecule has 7 heteroatoms. The van der Waals surface area contributed by atoms with Crippen LogP contribution in [-0.2, 0) is 9.59 Å². The molecule has 0 spiro atoms. The number of aliphatic hydroxyl groups is 1. The molecule has 2 amide bonds. The van der Waals surface area contributed by atoms with Crippen molar-refractivity contribution in [3.63, 3.8) is 0 Å². The van der Waals surface area contributed by atoms with Crippen LogP contribution in [0.25, 0.3) is 10.9 Å². The zero-order valence-corrected chi connectivity index (χ0v) is 14.4. The number of amides is 2. The molecule has 2 aliphatic heterocycles. The molecule has 1 aromatic carbocycles. The average Bonchev–Trinajstić information content (AvgIpc) is 2.65. The van der Waals surface area contributed by atoms with Gasteiger partial charge in [-0.2, -0.15) is 0 Å². The Kier molecular flexibility index (Phi) is 4.46. The van der Waals surface area contributed by atoms with E-state index in [0.29, 0.717) is 31.7 Å². The number of rotatable bonds is 4. The van der Waals surface area contributed by atoms with Gasteiger partial charge in [-0.3, -0.25) is 14.6 Å². The summed E-state index contributed by atoms with van der Waals surface area (Å²) in [6, 6.07) is 9.00. The van der Waals surface area contributed by atoms with Crippen LogP contribution in [0.1, 0.15) is 12.8 Å². The van der Waals surface area contributed by atoms with Crippen molar-refractivity contribution in [2.45, 2.75) is 25.0 Å². The minimum Gasteiger partial charge on any atom is -0.489 e. The largest absolute Gasteiger partial charge is 0.489 e. The van der Waals surface area contributed by atoms with Crippen LogP contribution >= 0.6 is 0 Å². The maximum absolute atomic E-state index is 12.7. The van der Waals surface area contributed by atoms with Crippen LogP contribution in [-0.4, -0.2) is 70.1 Å². The lowest BCUT2D eigenvalue weighted by molar-refractivity contribution is -0.160. The van der Waals surface area contributed by atoms with E-state index in [1.54, 1.807) is 11.1 Å². The first-order valence-corrected chi connectivity index (χ1v) is 8.86. The number of aliphatic hydroxyl groups excluding tert-OH is 1. The summed E-state index contributed by atoms with van der Waals surface area (Å²) in [5, 5.41) is 10.8. The number of fused-ring (bicyclic) bond motifs is 2. The molecule has 3 heterocycles. The van der Waals surface area contributed by atoms with Crippen LogP contribution < -0.4 is 4.74 Å². The Morgan fingerprint density at radius 1 is 1.23 bits per heavy atom. The van der Waals surface area contributed by atoms with E-state index in [2.05, 4.69) is 4.98 Å². The summed E-state index contributed by atoms with van der Waals surface area (Å²) in [5.74, 6) is 0.491. The second-order valence-electron chi connectivity index (χ2n) is 6.72. The molecule has 2 aromatic rings. The first-order chi connectivity index (χ1) is 12.6. The van der Waals surface area contributed by atoms with Crippen molar-refractivity contribution >= 4 is 22.7 Å². The summed E-state index contributed by atoms with van der Waals surface area (Å²) in [6.07, 6.45) is 2.04. The van der Waals surface area contributed by atoms with Crippen LogP contribution in [0.3, 0.4) is 0 Å². The molecular weight excluding hydrogens is 334 g/mol. The van der Waals surface area contributed by atoms with E-state index in [0.717, 1.165) is 10.9 Å². The monoisotopic (exact) mass is 355 g/mol. The second-order valence-corrected chi connectivity index (χ2v) is 6.72. The van der Waals surface area contributed by atoms with Crippen molar-refractivity contribution in [2.75, 3.05) is 26.2 Å². The van der Waals surface area contributed by atoms with E-state index in [1.807, 2.05) is 30.3 Å². The number of hydrogen-bond acceptors (Lipinski definition) is 5. The number of nitrogens with zero attached hydrogens (tertiary/aromatic N) is 3. The maximum atomic E-state index is 12.7. The first-order valence-electron chi connectivity index (χ1n) is 8.86. The summed E-state index contributed by atoms with van der Waals surface area (Å²) in [5.41, 5.74) is 0.776. The highest BCUT2D eigenvalue weighted by Crippen LogP contribution is 2.25. The molecule has 0 unspecified atom stereocenters. The van der Waals surface area contributed by atoms with Gasteiger partial charge in [-0.15, -0.1) is 0 Å². The van der Waals surface area contributed by atoms with Gasteiger partial charge in [-0.1, -0.05) is 18.2 Å². The number of piperazine rings is 1. The summed E-state index contributed by atoms with van der Waals surface area (Å²) < 4.78 is 5.83.